The molecule has 0 saturated carbocycles. The van der Waals surface area contributed by atoms with Crippen molar-refractivity contribution in [3.8, 4) is 17.2 Å². The van der Waals surface area contributed by atoms with Crippen molar-refractivity contribution in [1.29, 1.82) is 0 Å². The van der Waals surface area contributed by atoms with Crippen molar-refractivity contribution in [3.05, 3.63) is 95.1 Å². The standard InChI is InChI=1S/C26H22ClNO5/c1-17(26(29)30)33-25-19(7-4-10-23(25)27)15-31-21-8-5-9-22(14-21)32-16-20-13-12-18-6-2-3-11-24(18)28-20/h2-14,17H,15-16H2,1H3,(H,29,30). The summed E-state index contributed by atoms with van der Waals surface area (Å²) in [5.41, 5.74) is 2.39. The van der Waals surface area contributed by atoms with Crippen molar-refractivity contribution < 1.29 is 24.1 Å². The van der Waals surface area contributed by atoms with Crippen molar-refractivity contribution in [2.24, 2.45) is 0 Å². The van der Waals surface area contributed by atoms with Crippen molar-refractivity contribution in [2.75, 3.05) is 0 Å². The highest BCUT2D eigenvalue weighted by Gasteiger charge is 2.17. The third-order valence-electron chi connectivity index (χ3n) is 4.93. The number of hydrogen-bond acceptors (Lipinski definition) is 5. The SMILES string of the molecule is CC(Oc1c(Cl)cccc1COc1cccc(OCc2ccc3ccccc3n2)c1)C(=O)O. The summed E-state index contributed by atoms with van der Waals surface area (Å²) in [5, 5.41) is 10.5. The maximum absolute atomic E-state index is 11.2. The van der Waals surface area contributed by atoms with E-state index in [2.05, 4.69) is 4.98 Å². The van der Waals surface area contributed by atoms with E-state index in [1.807, 2.05) is 54.6 Å². The highest BCUT2D eigenvalue weighted by atomic mass is 35.5. The summed E-state index contributed by atoms with van der Waals surface area (Å²) >= 11 is 6.22. The molecule has 0 amide bonds. The predicted molar refractivity (Wildman–Crippen MR) is 126 cm³/mol. The van der Waals surface area contributed by atoms with E-state index in [-0.39, 0.29) is 6.61 Å². The van der Waals surface area contributed by atoms with Crippen molar-refractivity contribution in [1.82, 2.24) is 4.98 Å². The van der Waals surface area contributed by atoms with Gasteiger partial charge in [0, 0.05) is 17.0 Å². The van der Waals surface area contributed by atoms with E-state index in [1.54, 1.807) is 24.3 Å². The first-order chi connectivity index (χ1) is 16.0. The maximum Gasteiger partial charge on any atom is 0.344 e. The maximum atomic E-state index is 11.2. The van der Waals surface area contributed by atoms with Gasteiger partial charge in [0.15, 0.2) is 6.10 Å². The molecule has 0 spiro atoms. The zero-order valence-electron chi connectivity index (χ0n) is 17.9. The fraction of sp³-hybridized carbons (Fsp3) is 0.154. The molecule has 1 unspecified atom stereocenters. The normalized spacial score (nSPS) is 11.7. The summed E-state index contributed by atoms with van der Waals surface area (Å²) in [7, 11) is 0. The summed E-state index contributed by atoms with van der Waals surface area (Å²) in [4.78, 5) is 15.8. The number of nitrogens with zero attached hydrogens (tertiary/aromatic N) is 1. The second-order valence-corrected chi connectivity index (χ2v) is 7.78. The van der Waals surface area contributed by atoms with Gasteiger partial charge in [-0.25, -0.2) is 9.78 Å². The van der Waals surface area contributed by atoms with Crippen LogP contribution < -0.4 is 14.2 Å². The Hall–Kier alpha value is -3.77. The fourth-order valence-electron chi connectivity index (χ4n) is 3.19. The molecule has 4 aromatic rings. The van der Waals surface area contributed by atoms with Crippen LogP contribution in [-0.2, 0) is 18.0 Å². The molecule has 1 atom stereocenters. The number of pyridine rings is 1. The molecule has 168 valence electrons. The smallest absolute Gasteiger partial charge is 0.344 e. The van der Waals surface area contributed by atoms with Gasteiger partial charge >= 0.3 is 5.97 Å². The van der Waals surface area contributed by atoms with Gasteiger partial charge in [0.25, 0.3) is 0 Å². The van der Waals surface area contributed by atoms with Gasteiger partial charge in [-0.3, -0.25) is 0 Å². The van der Waals surface area contributed by atoms with Gasteiger partial charge in [-0.15, -0.1) is 0 Å². The van der Waals surface area contributed by atoms with Crippen LogP contribution in [0.15, 0.2) is 78.9 Å². The molecule has 1 heterocycles. The van der Waals surface area contributed by atoms with Crippen LogP contribution in [0.25, 0.3) is 10.9 Å². The molecular weight excluding hydrogens is 442 g/mol. The number of carboxylic acids is 1. The molecule has 4 rings (SSSR count). The Labute approximate surface area is 196 Å². The second-order valence-electron chi connectivity index (χ2n) is 7.37. The summed E-state index contributed by atoms with van der Waals surface area (Å²) in [5.74, 6) is 0.456. The molecule has 0 bridgehead atoms. The molecule has 7 heteroatoms. The Bertz CT molecular complexity index is 1280. The van der Waals surface area contributed by atoms with Crippen molar-refractivity contribution >= 4 is 28.5 Å². The Kier molecular flexibility index (Phi) is 6.95. The zero-order valence-corrected chi connectivity index (χ0v) is 18.7. The lowest BCUT2D eigenvalue weighted by atomic mass is 10.2. The van der Waals surface area contributed by atoms with Crippen molar-refractivity contribution in [3.63, 3.8) is 0 Å². The van der Waals surface area contributed by atoms with Gasteiger partial charge in [0.1, 0.15) is 30.5 Å². The van der Waals surface area contributed by atoms with E-state index in [4.69, 9.17) is 30.9 Å². The monoisotopic (exact) mass is 463 g/mol. The van der Waals surface area contributed by atoms with Crippen LogP contribution in [0.4, 0.5) is 0 Å². The van der Waals surface area contributed by atoms with Crippen LogP contribution in [0.3, 0.4) is 0 Å². The minimum Gasteiger partial charge on any atom is -0.489 e. The Balaban J connectivity index is 1.41. The summed E-state index contributed by atoms with van der Waals surface area (Å²) in [6.45, 7) is 1.92. The Morgan fingerprint density at radius 1 is 0.939 bits per heavy atom. The molecule has 1 aromatic heterocycles. The van der Waals surface area contributed by atoms with E-state index in [9.17, 15) is 4.79 Å². The first-order valence-corrected chi connectivity index (χ1v) is 10.7. The van der Waals surface area contributed by atoms with Gasteiger partial charge in [0.2, 0.25) is 0 Å². The van der Waals surface area contributed by atoms with Gasteiger partial charge in [-0.2, -0.15) is 0 Å². The average Bonchev–Trinajstić information content (AvgIpc) is 2.83. The van der Waals surface area contributed by atoms with Gasteiger partial charge in [-0.05, 0) is 37.3 Å². The number of rotatable bonds is 9. The highest BCUT2D eigenvalue weighted by molar-refractivity contribution is 6.32. The van der Waals surface area contributed by atoms with Crippen LogP contribution in [-0.4, -0.2) is 22.2 Å². The lowest BCUT2D eigenvalue weighted by molar-refractivity contribution is -0.144. The average molecular weight is 464 g/mol. The lowest BCUT2D eigenvalue weighted by Gasteiger charge is -2.16. The van der Waals surface area contributed by atoms with E-state index < -0.39 is 12.1 Å². The summed E-state index contributed by atoms with van der Waals surface area (Å²) in [6, 6.07) is 24.4. The molecule has 0 aliphatic rings. The Morgan fingerprint density at radius 2 is 1.67 bits per heavy atom. The first-order valence-electron chi connectivity index (χ1n) is 10.4. The van der Waals surface area contributed by atoms with Gasteiger partial charge < -0.3 is 19.3 Å². The molecule has 33 heavy (non-hydrogen) atoms. The van der Waals surface area contributed by atoms with Crippen LogP contribution in [0.5, 0.6) is 17.2 Å². The number of benzene rings is 3. The number of halogens is 1. The quantitative estimate of drug-likeness (QED) is 0.333. The number of fused-ring (bicyclic) bond motifs is 1. The number of aromatic nitrogens is 1. The number of ether oxygens (including phenoxy) is 3. The Morgan fingerprint density at radius 3 is 2.45 bits per heavy atom. The molecule has 0 radical (unpaired) electrons. The molecule has 0 fully saturated rings. The largest absolute Gasteiger partial charge is 0.489 e. The molecule has 6 nitrogen and oxygen atoms in total. The number of carbonyl (C=O) groups is 1. The topological polar surface area (TPSA) is 77.9 Å². The summed E-state index contributed by atoms with van der Waals surface area (Å²) < 4.78 is 17.3. The van der Waals surface area contributed by atoms with Crippen LogP contribution >= 0.6 is 11.6 Å². The lowest BCUT2D eigenvalue weighted by Crippen LogP contribution is -2.23. The molecule has 0 aliphatic heterocycles. The van der Waals surface area contributed by atoms with Crippen LogP contribution in [0.1, 0.15) is 18.2 Å². The van der Waals surface area contributed by atoms with E-state index in [0.29, 0.717) is 34.4 Å². The molecule has 0 aliphatic carbocycles. The fourth-order valence-corrected chi connectivity index (χ4v) is 3.43. The molecule has 1 N–H and O–H groups in total. The van der Waals surface area contributed by atoms with Gasteiger partial charge in [0.05, 0.1) is 16.2 Å². The predicted octanol–water partition coefficient (Wildman–Crippen LogP) is 5.90. The van der Waals surface area contributed by atoms with E-state index in [1.165, 1.54) is 6.92 Å². The number of carboxylic acid groups (broad SMARTS) is 1. The van der Waals surface area contributed by atoms with Gasteiger partial charge in [-0.1, -0.05) is 54.1 Å². The molecule has 3 aromatic carbocycles. The number of hydrogen-bond donors (Lipinski definition) is 1. The van der Waals surface area contributed by atoms with E-state index in [0.717, 1.165) is 16.6 Å². The van der Waals surface area contributed by atoms with E-state index >= 15 is 0 Å². The first kappa shape index (κ1) is 22.4. The zero-order chi connectivity index (χ0) is 23.2. The molecular formula is C26H22ClNO5. The third kappa shape index (κ3) is 5.73. The number of para-hydroxylation sites is 2. The third-order valence-corrected chi connectivity index (χ3v) is 5.23. The van der Waals surface area contributed by atoms with Crippen molar-refractivity contribution in [2.45, 2.75) is 26.2 Å². The minimum absolute atomic E-state index is 0.151. The highest BCUT2D eigenvalue weighted by Crippen LogP contribution is 2.31. The summed E-state index contributed by atoms with van der Waals surface area (Å²) in [6.07, 6.45) is -1.04. The molecule has 0 saturated heterocycles. The number of aliphatic carboxylic acids is 1. The van der Waals surface area contributed by atoms with Crippen LogP contribution in [0, 0.1) is 0 Å². The van der Waals surface area contributed by atoms with Crippen LogP contribution in [0.2, 0.25) is 5.02 Å². The minimum atomic E-state index is -1.08. The second kappa shape index (κ2) is 10.2.